The van der Waals surface area contributed by atoms with Gasteiger partial charge in [0, 0.05) is 17.2 Å². The minimum atomic E-state index is -3.77. The van der Waals surface area contributed by atoms with Gasteiger partial charge in [0.05, 0.1) is 22.6 Å². The van der Waals surface area contributed by atoms with Crippen LogP contribution < -0.4 is 9.62 Å². The van der Waals surface area contributed by atoms with Crippen molar-refractivity contribution in [2.75, 3.05) is 22.4 Å². The summed E-state index contributed by atoms with van der Waals surface area (Å²) in [6, 6.07) is 8.81. The topological polar surface area (TPSA) is 110 Å². The van der Waals surface area contributed by atoms with E-state index in [9.17, 15) is 23.3 Å². The molecular formula is C17H18ClN3O5S. The van der Waals surface area contributed by atoms with E-state index < -0.39 is 27.4 Å². The summed E-state index contributed by atoms with van der Waals surface area (Å²) in [5.41, 5.74) is 1.48. The first kappa shape index (κ1) is 20.7. The summed E-state index contributed by atoms with van der Waals surface area (Å²) in [6.07, 6.45) is 0.985. The molecule has 0 aromatic heterocycles. The van der Waals surface area contributed by atoms with Gasteiger partial charge in [-0.2, -0.15) is 0 Å². The Morgan fingerprint density at radius 3 is 2.52 bits per heavy atom. The molecule has 1 amide bonds. The normalized spacial score (nSPS) is 11.1. The van der Waals surface area contributed by atoms with Gasteiger partial charge in [-0.25, -0.2) is 8.42 Å². The Balaban J connectivity index is 2.32. The molecular weight excluding hydrogens is 394 g/mol. The molecule has 27 heavy (non-hydrogen) atoms. The second kappa shape index (κ2) is 7.93. The first-order valence-electron chi connectivity index (χ1n) is 7.78. The molecule has 1 N–H and O–H groups in total. The standard InChI is InChI=1S/C17H18ClN3O5S/c1-11-7-8-13(21(23)24)9-15(11)19-17(22)10-20(27(3,25)26)16-6-4-5-14(18)12(16)2/h4-9H,10H2,1-3H3,(H,19,22). The highest BCUT2D eigenvalue weighted by atomic mass is 35.5. The number of hydrogen-bond donors (Lipinski definition) is 1. The van der Waals surface area contributed by atoms with Crippen LogP contribution in [0.25, 0.3) is 0 Å². The summed E-state index contributed by atoms with van der Waals surface area (Å²) < 4.78 is 25.4. The van der Waals surface area contributed by atoms with Crippen molar-refractivity contribution in [2.24, 2.45) is 0 Å². The fraction of sp³-hybridized carbons (Fsp3) is 0.235. The maximum absolute atomic E-state index is 12.5. The van der Waals surface area contributed by atoms with Crippen LogP contribution in [0.4, 0.5) is 17.1 Å². The predicted octanol–water partition coefficient (Wildman–Crippen LogP) is 3.27. The van der Waals surface area contributed by atoms with Crippen LogP contribution in [0.5, 0.6) is 0 Å². The highest BCUT2D eigenvalue weighted by molar-refractivity contribution is 7.92. The van der Waals surface area contributed by atoms with E-state index in [2.05, 4.69) is 5.32 Å². The summed E-state index contributed by atoms with van der Waals surface area (Å²) in [6.45, 7) is 2.83. The van der Waals surface area contributed by atoms with Crippen LogP contribution in [0.15, 0.2) is 36.4 Å². The number of rotatable bonds is 6. The Labute approximate surface area is 162 Å². The number of nitrogens with zero attached hydrogens (tertiary/aromatic N) is 2. The van der Waals surface area contributed by atoms with Gasteiger partial charge < -0.3 is 5.32 Å². The summed E-state index contributed by atoms with van der Waals surface area (Å²) in [7, 11) is -3.77. The molecule has 144 valence electrons. The van der Waals surface area contributed by atoms with E-state index in [-0.39, 0.29) is 17.1 Å². The van der Waals surface area contributed by atoms with Gasteiger partial charge in [-0.15, -0.1) is 0 Å². The number of sulfonamides is 1. The fourth-order valence-corrected chi connectivity index (χ4v) is 3.50. The fourth-order valence-electron chi connectivity index (χ4n) is 2.43. The molecule has 10 heteroatoms. The van der Waals surface area contributed by atoms with Gasteiger partial charge in [0.2, 0.25) is 15.9 Å². The highest BCUT2D eigenvalue weighted by Gasteiger charge is 2.23. The first-order chi connectivity index (χ1) is 12.5. The number of nitro benzene ring substituents is 1. The number of carbonyl (C=O) groups is 1. The minimum Gasteiger partial charge on any atom is -0.324 e. The van der Waals surface area contributed by atoms with Gasteiger partial charge in [-0.05, 0) is 37.1 Å². The molecule has 0 aliphatic heterocycles. The van der Waals surface area contributed by atoms with Crippen molar-refractivity contribution in [1.29, 1.82) is 0 Å². The zero-order chi connectivity index (χ0) is 20.4. The molecule has 0 aliphatic rings. The van der Waals surface area contributed by atoms with Gasteiger partial charge in [-0.1, -0.05) is 23.7 Å². The van der Waals surface area contributed by atoms with E-state index in [0.29, 0.717) is 16.1 Å². The Bertz CT molecular complexity index is 1010. The van der Waals surface area contributed by atoms with Crippen LogP contribution >= 0.6 is 11.6 Å². The molecule has 0 fully saturated rings. The number of carbonyl (C=O) groups excluding carboxylic acids is 1. The summed E-state index contributed by atoms with van der Waals surface area (Å²) in [5, 5.41) is 13.8. The maximum atomic E-state index is 12.5. The number of aryl methyl sites for hydroxylation is 1. The predicted molar refractivity (Wildman–Crippen MR) is 105 cm³/mol. The second-order valence-corrected chi connectivity index (χ2v) is 8.27. The molecule has 0 spiro atoms. The van der Waals surface area contributed by atoms with Crippen molar-refractivity contribution < 1.29 is 18.1 Å². The van der Waals surface area contributed by atoms with Gasteiger partial charge >= 0.3 is 0 Å². The lowest BCUT2D eigenvalue weighted by molar-refractivity contribution is -0.384. The Kier molecular flexibility index (Phi) is 6.07. The van der Waals surface area contributed by atoms with Crippen molar-refractivity contribution in [3.8, 4) is 0 Å². The van der Waals surface area contributed by atoms with E-state index in [4.69, 9.17) is 11.6 Å². The largest absolute Gasteiger partial charge is 0.324 e. The number of non-ortho nitro benzene ring substituents is 1. The SMILES string of the molecule is Cc1ccc([N+](=O)[O-])cc1NC(=O)CN(c1cccc(Cl)c1C)S(C)(=O)=O. The zero-order valence-electron chi connectivity index (χ0n) is 14.9. The van der Waals surface area contributed by atoms with Crippen molar-refractivity contribution in [2.45, 2.75) is 13.8 Å². The van der Waals surface area contributed by atoms with Crippen molar-refractivity contribution in [3.63, 3.8) is 0 Å². The van der Waals surface area contributed by atoms with Gasteiger partial charge in [0.15, 0.2) is 0 Å². The molecule has 0 saturated heterocycles. The molecule has 0 bridgehead atoms. The van der Waals surface area contributed by atoms with Crippen LogP contribution in [0, 0.1) is 24.0 Å². The number of hydrogen-bond acceptors (Lipinski definition) is 5. The minimum absolute atomic E-state index is 0.179. The third-order valence-electron chi connectivity index (χ3n) is 3.90. The second-order valence-electron chi connectivity index (χ2n) is 5.96. The van der Waals surface area contributed by atoms with Gasteiger partial charge in [0.25, 0.3) is 5.69 Å². The summed E-state index contributed by atoms with van der Waals surface area (Å²) in [4.78, 5) is 22.8. The van der Waals surface area contributed by atoms with E-state index in [1.807, 2.05) is 0 Å². The number of amides is 1. The number of anilines is 2. The lowest BCUT2D eigenvalue weighted by Crippen LogP contribution is -2.38. The molecule has 0 saturated carbocycles. The molecule has 0 aliphatic carbocycles. The van der Waals surface area contributed by atoms with Crippen molar-refractivity contribution in [3.05, 3.63) is 62.7 Å². The monoisotopic (exact) mass is 411 g/mol. The molecule has 8 nitrogen and oxygen atoms in total. The van der Waals surface area contributed by atoms with E-state index in [1.165, 1.54) is 18.2 Å². The first-order valence-corrected chi connectivity index (χ1v) is 10.0. The Hall–Kier alpha value is -2.65. The van der Waals surface area contributed by atoms with Crippen molar-refractivity contribution in [1.82, 2.24) is 0 Å². The molecule has 2 rings (SSSR count). The Morgan fingerprint density at radius 1 is 1.26 bits per heavy atom. The van der Waals surface area contributed by atoms with Crippen LogP contribution in [0.1, 0.15) is 11.1 Å². The third kappa shape index (κ3) is 4.95. The van der Waals surface area contributed by atoms with Crippen molar-refractivity contribution >= 4 is 44.6 Å². The molecule has 2 aromatic rings. The van der Waals surface area contributed by atoms with Crippen LogP contribution in [-0.4, -0.2) is 32.0 Å². The Morgan fingerprint density at radius 2 is 1.93 bits per heavy atom. The zero-order valence-corrected chi connectivity index (χ0v) is 16.5. The van der Waals surface area contributed by atoms with E-state index in [1.54, 1.807) is 32.0 Å². The average molecular weight is 412 g/mol. The summed E-state index contributed by atoms with van der Waals surface area (Å²) >= 11 is 6.06. The lowest BCUT2D eigenvalue weighted by Gasteiger charge is -2.24. The molecule has 0 unspecified atom stereocenters. The van der Waals surface area contributed by atoms with Gasteiger partial charge in [0.1, 0.15) is 6.54 Å². The number of halogens is 1. The highest BCUT2D eigenvalue weighted by Crippen LogP contribution is 2.28. The molecule has 0 radical (unpaired) electrons. The van der Waals surface area contributed by atoms with Gasteiger partial charge in [-0.3, -0.25) is 19.2 Å². The van der Waals surface area contributed by atoms with E-state index in [0.717, 1.165) is 10.6 Å². The average Bonchev–Trinajstić information content (AvgIpc) is 2.56. The maximum Gasteiger partial charge on any atom is 0.271 e. The van der Waals surface area contributed by atoms with E-state index >= 15 is 0 Å². The molecule has 0 atom stereocenters. The molecule has 2 aromatic carbocycles. The third-order valence-corrected chi connectivity index (χ3v) is 5.44. The summed E-state index contributed by atoms with van der Waals surface area (Å²) in [5.74, 6) is -0.636. The lowest BCUT2D eigenvalue weighted by atomic mass is 10.2. The number of benzene rings is 2. The number of nitrogens with one attached hydrogen (secondary N) is 1. The number of nitro groups is 1. The van der Waals surface area contributed by atoms with Crippen LogP contribution in [0.3, 0.4) is 0 Å². The van der Waals surface area contributed by atoms with Crippen LogP contribution in [-0.2, 0) is 14.8 Å². The smallest absolute Gasteiger partial charge is 0.271 e. The van der Waals surface area contributed by atoms with Crippen LogP contribution in [0.2, 0.25) is 5.02 Å². The quantitative estimate of drug-likeness (QED) is 0.579. The molecule has 0 heterocycles.